The van der Waals surface area contributed by atoms with Crippen molar-refractivity contribution in [1.29, 1.82) is 0 Å². The van der Waals surface area contributed by atoms with Crippen molar-refractivity contribution >= 4 is 17.2 Å². The topological polar surface area (TPSA) is 67.8 Å². The van der Waals surface area contributed by atoms with Crippen LogP contribution in [0.15, 0.2) is 48.1 Å². The summed E-state index contributed by atoms with van der Waals surface area (Å²) in [5.74, 6) is 0.784. The average Bonchev–Trinajstić information content (AvgIpc) is 3.06. The first-order chi connectivity index (χ1) is 12.2. The number of nitrogens with zero attached hydrogens (tertiary/aromatic N) is 3. The van der Waals surface area contributed by atoms with Gasteiger partial charge in [-0.2, -0.15) is 0 Å². The van der Waals surface area contributed by atoms with Crippen molar-refractivity contribution in [1.82, 2.24) is 20.3 Å². The number of carbonyl (C=O) groups is 1. The number of hydrogen-bond donors (Lipinski definition) is 1. The van der Waals surface area contributed by atoms with Gasteiger partial charge in [0.25, 0.3) is 0 Å². The standard InChI is InChI=1S/C19H20N4OS/c1-14-17(25-13-22-14)7-8-19(24)21-12-10-18-20-11-9-16(23-18)15-5-3-2-4-6-15/h2-6,9,11,13H,7-8,10,12H2,1H3,(H,21,24). The highest BCUT2D eigenvalue weighted by atomic mass is 32.1. The number of aryl methyl sites for hydroxylation is 2. The number of aromatic nitrogens is 3. The Balaban J connectivity index is 1.47. The van der Waals surface area contributed by atoms with Crippen LogP contribution in [-0.2, 0) is 17.6 Å². The molecule has 1 amide bonds. The summed E-state index contributed by atoms with van der Waals surface area (Å²) in [4.78, 5) is 26.2. The number of amides is 1. The zero-order valence-corrected chi connectivity index (χ0v) is 14.9. The van der Waals surface area contributed by atoms with Gasteiger partial charge in [0, 0.05) is 36.0 Å². The van der Waals surface area contributed by atoms with Crippen molar-refractivity contribution in [3.05, 3.63) is 64.5 Å². The van der Waals surface area contributed by atoms with Crippen LogP contribution in [0.5, 0.6) is 0 Å². The summed E-state index contributed by atoms with van der Waals surface area (Å²) >= 11 is 1.60. The van der Waals surface area contributed by atoms with Crippen LogP contribution in [0.2, 0.25) is 0 Å². The fraction of sp³-hybridized carbons (Fsp3) is 0.263. The summed E-state index contributed by atoms with van der Waals surface area (Å²) < 4.78 is 0. The molecule has 3 aromatic rings. The Bertz CT molecular complexity index is 832. The second-order valence-electron chi connectivity index (χ2n) is 5.69. The van der Waals surface area contributed by atoms with E-state index < -0.39 is 0 Å². The highest BCUT2D eigenvalue weighted by molar-refractivity contribution is 7.09. The monoisotopic (exact) mass is 352 g/mol. The number of carbonyl (C=O) groups excluding carboxylic acids is 1. The van der Waals surface area contributed by atoms with Crippen LogP contribution in [-0.4, -0.2) is 27.4 Å². The number of benzene rings is 1. The molecule has 0 aliphatic carbocycles. The third-order valence-electron chi connectivity index (χ3n) is 3.87. The highest BCUT2D eigenvalue weighted by Crippen LogP contribution is 2.16. The molecule has 0 bridgehead atoms. The Morgan fingerprint density at radius 2 is 1.96 bits per heavy atom. The molecule has 0 atom stereocenters. The lowest BCUT2D eigenvalue weighted by atomic mass is 10.1. The highest BCUT2D eigenvalue weighted by Gasteiger charge is 2.07. The van der Waals surface area contributed by atoms with Crippen LogP contribution >= 0.6 is 11.3 Å². The molecule has 0 fully saturated rings. The molecule has 0 aliphatic rings. The van der Waals surface area contributed by atoms with Crippen molar-refractivity contribution in [2.24, 2.45) is 0 Å². The number of hydrogen-bond acceptors (Lipinski definition) is 5. The Morgan fingerprint density at radius 1 is 1.12 bits per heavy atom. The second kappa shape index (κ2) is 8.48. The third kappa shape index (κ3) is 4.93. The molecule has 6 heteroatoms. The van der Waals surface area contributed by atoms with Crippen LogP contribution < -0.4 is 5.32 Å². The van der Waals surface area contributed by atoms with Crippen LogP contribution in [0.3, 0.4) is 0 Å². The minimum Gasteiger partial charge on any atom is -0.356 e. The van der Waals surface area contributed by atoms with Gasteiger partial charge in [-0.25, -0.2) is 15.0 Å². The fourth-order valence-corrected chi connectivity index (χ4v) is 3.27. The molecule has 0 saturated carbocycles. The third-order valence-corrected chi connectivity index (χ3v) is 4.86. The molecule has 2 heterocycles. The summed E-state index contributed by atoms with van der Waals surface area (Å²) in [6, 6.07) is 11.9. The number of nitrogens with one attached hydrogen (secondary N) is 1. The first kappa shape index (κ1) is 17.2. The second-order valence-corrected chi connectivity index (χ2v) is 6.62. The molecule has 1 aromatic carbocycles. The molecular weight excluding hydrogens is 332 g/mol. The van der Waals surface area contributed by atoms with Gasteiger partial charge in [-0.15, -0.1) is 11.3 Å². The van der Waals surface area contributed by atoms with E-state index in [0.717, 1.165) is 29.2 Å². The summed E-state index contributed by atoms with van der Waals surface area (Å²) in [5, 5.41) is 2.94. The molecule has 0 aliphatic heterocycles. The van der Waals surface area contributed by atoms with Crippen molar-refractivity contribution in [3.63, 3.8) is 0 Å². The fourth-order valence-electron chi connectivity index (χ4n) is 2.48. The van der Waals surface area contributed by atoms with Gasteiger partial charge in [0.2, 0.25) is 5.91 Å². The molecule has 2 aromatic heterocycles. The molecule has 0 spiro atoms. The first-order valence-corrected chi connectivity index (χ1v) is 9.13. The van der Waals surface area contributed by atoms with E-state index in [0.29, 0.717) is 19.4 Å². The molecule has 25 heavy (non-hydrogen) atoms. The van der Waals surface area contributed by atoms with Crippen LogP contribution in [0.1, 0.15) is 22.8 Å². The zero-order valence-electron chi connectivity index (χ0n) is 14.1. The van der Waals surface area contributed by atoms with Crippen LogP contribution in [0, 0.1) is 6.92 Å². The Labute approximate surface area is 151 Å². The lowest BCUT2D eigenvalue weighted by Crippen LogP contribution is -2.26. The van der Waals surface area contributed by atoms with Gasteiger partial charge in [-0.1, -0.05) is 30.3 Å². The van der Waals surface area contributed by atoms with Gasteiger partial charge in [-0.3, -0.25) is 4.79 Å². The molecule has 0 unspecified atom stereocenters. The maximum Gasteiger partial charge on any atom is 0.220 e. The molecule has 128 valence electrons. The smallest absolute Gasteiger partial charge is 0.220 e. The molecule has 1 N–H and O–H groups in total. The van der Waals surface area contributed by atoms with Crippen LogP contribution in [0.4, 0.5) is 0 Å². The zero-order chi connectivity index (χ0) is 17.5. The Morgan fingerprint density at radius 3 is 2.72 bits per heavy atom. The van der Waals surface area contributed by atoms with Crippen molar-refractivity contribution < 1.29 is 4.79 Å². The van der Waals surface area contributed by atoms with E-state index >= 15 is 0 Å². The van der Waals surface area contributed by atoms with E-state index in [1.54, 1.807) is 17.5 Å². The predicted molar refractivity (Wildman–Crippen MR) is 99.4 cm³/mol. The number of rotatable bonds is 7. The van der Waals surface area contributed by atoms with Gasteiger partial charge in [0.05, 0.1) is 16.9 Å². The van der Waals surface area contributed by atoms with E-state index in [-0.39, 0.29) is 5.91 Å². The molecule has 3 rings (SSSR count). The normalized spacial score (nSPS) is 10.6. The lowest BCUT2D eigenvalue weighted by Gasteiger charge is -2.06. The Kier molecular flexibility index (Phi) is 5.85. The predicted octanol–water partition coefficient (Wildman–Crippen LogP) is 3.20. The molecule has 5 nitrogen and oxygen atoms in total. The largest absolute Gasteiger partial charge is 0.356 e. The van der Waals surface area contributed by atoms with Gasteiger partial charge < -0.3 is 5.32 Å². The maximum absolute atomic E-state index is 12.0. The molecule has 0 radical (unpaired) electrons. The van der Waals surface area contributed by atoms with Crippen LogP contribution in [0.25, 0.3) is 11.3 Å². The van der Waals surface area contributed by atoms with Gasteiger partial charge in [-0.05, 0) is 19.4 Å². The van der Waals surface area contributed by atoms with E-state index in [9.17, 15) is 4.79 Å². The summed E-state index contributed by atoms with van der Waals surface area (Å²) in [7, 11) is 0. The maximum atomic E-state index is 12.0. The number of thiazole rings is 1. The lowest BCUT2D eigenvalue weighted by molar-refractivity contribution is -0.121. The SMILES string of the molecule is Cc1ncsc1CCC(=O)NCCc1nccc(-c2ccccc2)n1. The van der Waals surface area contributed by atoms with Gasteiger partial charge >= 0.3 is 0 Å². The van der Waals surface area contributed by atoms with Crippen molar-refractivity contribution in [3.8, 4) is 11.3 Å². The minimum atomic E-state index is 0.0482. The van der Waals surface area contributed by atoms with Gasteiger partial charge in [0.15, 0.2) is 0 Å². The average molecular weight is 352 g/mol. The van der Waals surface area contributed by atoms with Crippen molar-refractivity contribution in [2.45, 2.75) is 26.2 Å². The minimum absolute atomic E-state index is 0.0482. The molecular formula is C19H20N4OS. The summed E-state index contributed by atoms with van der Waals surface area (Å²) in [6.07, 6.45) is 3.60. The van der Waals surface area contributed by atoms with Gasteiger partial charge in [0.1, 0.15) is 5.82 Å². The van der Waals surface area contributed by atoms with E-state index in [4.69, 9.17) is 0 Å². The van der Waals surface area contributed by atoms with E-state index in [1.165, 1.54) is 4.88 Å². The summed E-state index contributed by atoms with van der Waals surface area (Å²) in [5.41, 5.74) is 4.80. The van der Waals surface area contributed by atoms with E-state index in [2.05, 4.69) is 20.3 Å². The molecule has 0 saturated heterocycles. The Hall–Kier alpha value is -2.60. The first-order valence-electron chi connectivity index (χ1n) is 8.25. The van der Waals surface area contributed by atoms with E-state index in [1.807, 2.05) is 48.8 Å². The quantitative estimate of drug-likeness (QED) is 0.709. The van der Waals surface area contributed by atoms with Crippen molar-refractivity contribution in [2.75, 3.05) is 6.54 Å². The summed E-state index contributed by atoms with van der Waals surface area (Å²) in [6.45, 7) is 2.51.